The van der Waals surface area contributed by atoms with Crippen LogP contribution in [0.25, 0.3) is 0 Å². The third-order valence-electron chi connectivity index (χ3n) is 3.33. The number of hydrogen-bond donors (Lipinski definition) is 1. The van der Waals surface area contributed by atoms with Crippen LogP contribution in [0.15, 0.2) is 24.4 Å². The second-order valence-corrected chi connectivity index (χ2v) is 4.50. The van der Waals surface area contributed by atoms with Gasteiger partial charge in [0.15, 0.2) is 0 Å². The van der Waals surface area contributed by atoms with E-state index in [0.29, 0.717) is 26.2 Å². The van der Waals surface area contributed by atoms with Crippen LogP contribution in [-0.2, 0) is 0 Å². The van der Waals surface area contributed by atoms with Gasteiger partial charge in [-0.25, -0.2) is 4.98 Å². The molecule has 0 radical (unpaired) electrons. The number of pyridine rings is 1. The van der Waals surface area contributed by atoms with Crippen molar-refractivity contribution in [1.82, 2.24) is 9.88 Å². The molecule has 0 spiro atoms. The van der Waals surface area contributed by atoms with Gasteiger partial charge >= 0.3 is 6.18 Å². The lowest BCUT2D eigenvalue weighted by Gasteiger charge is -2.39. The molecule has 1 saturated heterocycles. The van der Waals surface area contributed by atoms with Crippen molar-refractivity contribution < 1.29 is 13.2 Å². The highest BCUT2D eigenvalue weighted by molar-refractivity contribution is 5.38. The van der Waals surface area contributed by atoms with Crippen molar-refractivity contribution in [3.63, 3.8) is 0 Å². The monoisotopic (exact) mass is 274 g/mol. The van der Waals surface area contributed by atoms with Crippen LogP contribution in [0.2, 0.25) is 0 Å². The molecule has 2 rings (SSSR count). The molecule has 0 saturated carbocycles. The van der Waals surface area contributed by atoms with Crippen molar-refractivity contribution in [2.24, 2.45) is 5.73 Å². The fourth-order valence-electron chi connectivity index (χ4n) is 2.29. The first kappa shape index (κ1) is 14.1. The van der Waals surface area contributed by atoms with Crippen LogP contribution < -0.4 is 10.6 Å². The zero-order valence-corrected chi connectivity index (χ0v) is 10.5. The van der Waals surface area contributed by atoms with Gasteiger partial charge in [0.05, 0.1) is 0 Å². The molecule has 1 unspecified atom stereocenters. The van der Waals surface area contributed by atoms with Crippen molar-refractivity contribution in [2.75, 3.05) is 37.6 Å². The highest BCUT2D eigenvalue weighted by Crippen LogP contribution is 2.25. The van der Waals surface area contributed by atoms with Gasteiger partial charge in [0, 0.05) is 38.9 Å². The Hall–Kier alpha value is -1.34. The minimum atomic E-state index is -4.26. The van der Waals surface area contributed by atoms with Gasteiger partial charge in [-0.2, -0.15) is 13.2 Å². The van der Waals surface area contributed by atoms with Crippen molar-refractivity contribution in [3.05, 3.63) is 24.4 Å². The summed E-state index contributed by atoms with van der Waals surface area (Å²) in [5, 5.41) is 0. The van der Waals surface area contributed by atoms with Gasteiger partial charge in [-0.15, -0.1) is 0 Å². The van der Waals surface area contributed by atoms with Crippen LogP contribution in [0.4, 0.5) is 19.0 Å². The molecule has 7 heteroatoms. The molecular weight excluding hydrogens is 257 g/mol. The maximum Gasteiger partial charge on any atom is 0.405 e. The van der Waals surface area contributed by atoms with Gasteiger partial charge in [-0.1, -0.05) is 6.07 Å². The lowest BCUT2D eigenvalue weighted by molar-refractivity contribution is -0.181. The van der Waals surface area contributed by atoms with E-state index < -0.39 is 18.8 Å². The summed E-state index contributed by atoms with van der Waals surface area (Å²) in [6, 6.07) is 4.00. The topological polar surface area (TPSA) is 45.4 Å². The van der Waals surface area contributed by atoms with E-state index in [9.17, 15) is 13.2 Å². The number of hydrogen-bond acceptors (Lipinski definition) is 4. The Labute approximate surface area is 110 Å². The predicted molar refractivity (Wildman–Crippen MR) is 66.9 cm³/mol. The predicted octanol–water partition coefficient (Wildman–Crippen LogP) is 1.09. The number of piperazine rings is 1. The summed E-state index contributed by atoms with van der Waals surface area (Å²) in [6.07, 6.45) is -2.58. The van der Waals surface area contributed by atoms with Crippen LogP contribution >= 0.6 is 0 Å². The van der Waals surface area contributed by atoms with Crippen LogP contribution in [-0.4, -0.2) is 54.8 Å². The lowest BCUT2D eigenvalue weighted by Crippen LogP contribution is -2.57. The molecule has 1 aliphatic rings. The Bertz CT molecular complexity index is 388. The average molecular weight is 274 g/mol. The van der Waals surface area contributed by atoms with E-state index in [2.05, 4.69) is 4.98 Å². The van der Waals surface area contributed by atoms with Crippen LogP contribution in [0.5, 0.6) is 0 Å². The number of halogens is 3. The van der Waals surface area contributed by atoms with E-state index in [1.54, 1.807) is 6.20 Å². The molecule has 0 bridgehead atoms. The van der Waals surface area contributed by atoms with Crippen molar-refractivity contribution in [2.45, 2.75) is 12.2 Å². The van der Waals surface area contributed by atoms with Gasteiger partial charge in [-0.3, -0.25) is 4.90 Å². The molecule has 19 heavy (non-hydrogen) atoms. The van der Waals surface area contributed by atoms with Gasteiger partial charge < -0.3 is 10.6 Å². The van der Waals surface area contributed by atoms with Crippen molar-refractivity contribution in [3.8, 4) is 0 Å². The van der Waals surface area contributed by atoms with E-state index >= 15 is 0 Å². The Morgan fingerprint density at radius 3 is 2.37 bits per heavy atom. The quantitative estimate of drug-likeness (QED) is 0.896. The second-order valence-electron chi connectivity index (χ2n) is 4.50. The zero-order chi connectivity index (χ0) is 13.9. The Kier molecular flexibility index (Phi) is 4.26. The molecule has 4 nitrogen and oxygen atoms in total. The number of anilines is 1. The number of alkyl halides is 3. The summed E-state index contributed by atoms with van der Waals surface area (Å²) in [6.45, 7) is 1.36. The summed E-state index contributed by atoms with van der Waals surface area (Å²) in [5.41, 5.74) is 5.25. The largest absolute Gasteiger partial charge is 0.405 e. The SMILES string of the molecule is NCC(N1CCN(c2ccccn2)CC1)C(F)(F)F. The molecule has 2 N–H and O–H groups in total. The Balaban J connectivity index is 1.96. The standard InChI is InChI=1S/C12H17F3N4/c13-12(14,15)10(9-16)18-5-7-19(8-6-18)11-3-1-2-4-17-11/h1-4,10H,5-9,16H2. The molecule has 1 atom stereocenters. The minimum Gasteiger partial charge on any atom is -0.354 e. The second kappa shape index (κ2) is 5.75. The van der Waals surface area contributed by atoms with E-state index in [1.165, 1.54) is 4.90 Å². The number of rotatable bonds is 3. The van der Waals surface area contributed by atoms with Gasteiger partial charge in [0.2, 0.25) is 0 Å². The molecule has 2 heterocycles. The van der Waals surface area contributed by atoms with E-state index in [0.717, 1.165) is 5.82 Å². The maximum atomic E-state index is 12.8. The fourth-order valence-corrected chi connectivity index (χ4v) is 2.29. The Morgan fingerprint density at radius 2 is 1.89 bits per heavy atom. The molecule has 1 fully saturated rings. The molecule has 0 amide bonds. The molecule has 0 aliphatic carbocycles. The van der Waals surface area contributed by atoms with E-state index in [1.807, 2.05) is 23.1 Å². The molecular formula is C12H17F3N4. The maximum absolute atomic E-state index is 12.8. The highest BCUT2D eigenvalue weighted by atomic mass is 19.4. The average Bonchev–Trinajstić information content (AvgIpc) is 2.40. The zero-order valence-electron chi connectivity index (χ0n) is 10.5. The lowest BCUT2D eigenvalue weighted by atomic mass is 10.2. The number of nitrogens with two attached hydrogens (primary N) is 1. The van der Waals surface area contributed by atoms with E-state index in [-0.39, 0.29) is 0 Å². The normalized spacial score (nSPS) is 19.5. The van der Waals surface area contributed by atoms with Crippen molar-refractivity contribution >= 4 is 5.82 Å². The third-order valence-corrected chi connectivity index (χ3v) is 3.33. The summed E-state index contributed by atoms with van der Waals surface area (Å²) in [5.74, 6) is 0.804. The molecule has 1 aromatic heterocycles. The van der Waals surface area contributed by atoms with Gasteiger partial charge in [0.1, 0.15) is 11.9 Å². The highest BCUT2D eigenvalue weighted by Gasteiger charge is 2.43. The van der Waals surface area contributed by atoms with E-state index in [4.69, 9.17) is 5.73 Å². The summed E-state index contributed by atoms with van der Waals surface area (Å²) >= 11 is 0. The van der Waals surface area contributed by atoms with Gasteiger partial charge in [-0.05, 0) is 12.1 Å². The minimum absolute atomic E-state index is 0.345. The van der Waals surface area contributed by atoms with Crippen molar-refractivity contribution in [1.29, 1.82) is 0 Å². The number of aromatic nitrogens is 1. The van der Waals surface area contributed by atoms with Gasteiger partial charge in [0.25, 0.3) is 0 Å². The third kappa shape index (κ3) is 3.36. The molecule has 1 aliphatic heterocycles. The first-order valence-corrected chi connectivity index (χ1v) is 6.19. The first-order chi connectivity index (χ1) is 9.02. The van der Waals surface area contributed by atoms with Crippen LogP contribution in [0.1, 0.15) is 0 Å². The first-order valence-electron chi connectivity index (χ1n) is 6.19. The van der Waals surface area contributed by atoms with Crippen LogP contribution in [0, 0.1) is 0 Å². The number of nitrogens with zero attached hydrogens (tertiary/aromatic N) is 3. The molecule has 0 aromatic carbocycles. The molecule has 1 aromatic rings. The van der Waals surface area contributed by atoms with Crippen LogP contribution in [0.3, 0.4) is 0 Å². The summed E-state index contributed by atoms with van der Waals surface area (Å²) in [7, 11) is 0. The summed E-state index contributed by atoms with van der Waals surface area (Å²) in [4.78, 5) is 7.59. The molecule has 106 valence electrons. The summed E-state index contributed by atoms with van der Waals surface area (Å²) < 4.78 is 38.3. The fraction of sp³-hybridized carbons (Fsp3) is 0.583. The Morgan fingerprint density at radius 1 is 1.21 bits per heavy atom. The smallest absolute Gasteiger partial charge is 0.354 e.